The number of halogens is 2. The normalized spacial score (nSPS) is 11.5. The van der Waals surface area contributed by atoms with Crippen molar-refractivity contribution in [3.8, 4) is 0 Å². The van der Waals surface area contributed by atoms with Crippen molar-refractivity contribution in [1.82, 2.24) is 0 Å². The van der Waals surface area contributed by atoms with Crippen LogP contribution in [0.3, 0.4) is 0 Å². The molecule has 0 N–H and O–H groups in total. The fourth-order valence-electron chi connectivity index (χ4n) is 1.44. The monoisotopic (exact) mass is 400 g/mol. The lowest BCUT2D eigenvalue weighted by Crippen LogP contribution is -2.11. The summed E-state index contributed by atoms with van der Waals surface area (Å²) in [6.07, 6.45) is 0.590. The molecule has 3 nitrogen and oxygen atoms in total. The highest BCUT2D eigenvalue weighted by molar-refractivity contribution is 14.1. The Labute approximate surface area is 126 Å². The van der Waals surface area contributed by atoms with E-state index in [1.165, 1.54) is 0 Å². The molecule has 0 bridgehead atoms. The predicted molar refractivity (Wildman–Crippen MR) is 82.1 cm³/mol. The summed E-state index contributed by atoms with van der Waals surface area (Å²) in [6, 6.07) is 5.13. The van der Waals surface area contributed by atoms with E-state index in [4.69, 9.17) is 11.6 Å². The van der Waals surface area contributed by atoms with Gasteiger partial charge in [-0.1, -0.05) is 18.5 Å². The minimum absolute atomic E-state index is 0.0618. The third-order valence-corrected chi connectivity index (χ3v) is 5.49. The smallest absolute Gasteiger partial charge is 0.164 e. The lowest BCUT2D eigenvalue weighted by Gasteiger charge is -2.05. The third-order valence-electron chi connectivity index (χ3n) is 2.53. The van der Waals surface area contributed by atoms with Crippen LogP contribution in [-0.4, -0.2) is 25.7 Å². The summed E-state index contributed by atoms with van der Waals surface area (Å²) in [6.45, 7) is 1.61. The van der Waals surface area contributed by atoms with Crippen molar-refractivity contribution in [3.05, 3.63) is 32.4 Å². The zero-order valence-electron chi connectivity index (χ0n) is 9.95. The minimum atomic E-state index is -3.00. The van der Waals surface area contributed by atoms with Crippen LogP contribution in [0.1, 0.15) is 30.1 Å². The van der Waals surface area contributed by atoms with Gasteiger partial charge in [-0.25, -0.2) is 8.42 Å². The van der Waals surface area contributed by atoms with Gasteiger partial charge >= 0.3 is 0 Å². The van der Waals surface area contributed by atoms with Gasteiger partial charge in [0.2, 0.25) is 0 Å². The molecule has 6 heteroatoms. The van der Waals surface area contributed by atoms with Crippen molar-refractivity contribution in [2.45, 2.75) is 19.8 Å². The number of sulfone groups is 1. The summed E-state index contributed by atoms with van der Waals surface area (Å²) in [5, 5.41) is 0.514. The van der Waals surface area contributed by atoms with E-state index in [0.29, 0.717) is 17.0 Å². The number of hydrogen-bond acceptors (Lipinski definition) is 3. The van der Waals surface area contributed by atoms with Crippen molar-refractivity contribution < 1.29 is 13.2 Å². The molecule has 0 saturated heterocycles. The van der Waals surface area contributed by atoms with E-state index in [0.717, 1.165) is 3.57 Å². The van der Waals surface area contributed by atoms with Crippen LogP contribution in [0.25, 0.3) is 0 Å². The molecule has 18 heavy (non-hydrogen) atoms. The first-order chi connectivity index (χ1) is 8.35. The van der Waals surface area contributed by atoms with E-state index in [-0.39, 0.29) is 23.7 Å². The SMILES string of the molecule is CCS(=O)(=O)CCCC(=O)c1cc(Cl)ccc1I. The molecular weight excluding hydrogens is 387 g/mol. The Balaban J connectivity index is 2.64. The molecule has 0 heterocycles. The standard InChI is InChI=1S/C12H14ClIO3S/c1-2-18(16,17)7-3-4-12(15)10-8-9(13)5-6-11(10)14/h5-6,8H,2-4,7H2,1H3. The topological polar surface area (TPSA) is 51.2 Å². The van der Waals surface area contributed by atoms with E-state index in [1.807, 2.05) is 0 Å². The summed E-state index contributed by atoms with van der Waals surface area (Å²) in [5.41, 5.74) is 0.567. The van der Waals surface area contributed by atoms with Gasteiger partial charge in [-0.15, -0.1) is 0 Å². The Morgan fingerprint density at radius 3 is 2.67 bits per heavy atom. The summed E-state index contributed by atoms with van der Waals surface area (Å²) in [5.74, 6) is 0.121. The molecular formula is C12H14ClIO3S. The van der Waals surface area contributed by atoms with Crippen LogP contribution in [0.15, 0.2) is 18.2 Å². The Kier molecular flexibility index (Phi) is 6.07. The lowest BCUT2D eigenvalue weighted by atomic mass is 10.1. The molecule has 0 amide bonds. The summed E-state index contributed by atoms with van der Waals surface area (Å²) >= 11 is 7.91. The highest BCUT2D eigenvalue weighted by Gasteiger charge is 2.13. The second-order valence-corrected chi connectivity index (χ2v) is 7.96. The van der Waals surface area contributed by atoms with Crippen molar-refractivity contribution in [3.63, 3.8) is 0 Å². The molecule has 0 fully saturated rings. The molecule has 0 aliphatic carbocycles. The molecule has 0 spiro atoms. The molecule has 0 saturated carbocycles. The van der Waals surface area contributed by atoms with Gasteiger partial charge < -0.3 is 0 Å². The quantitative estimate of drug-likeness (QED) is 0.543. The van der Waals surface area contributed by atoms with Crippen LogP contribution in [-0.2, 0) is 9.84 Å². The first-order valence-electron chi connectivity index (χ1n) is 5.54. The zero-order chi connectivity index (χ0) is 13.8. The molecule has 0 unspecified atom stereocenters. The number of carbonyl (C=O) groups excluding carboxylic acids is 1. The van der Waals surface area contributed by atoms with Crippen molar-refractivity contribution >= 4 is 49.8 Å². The Morgan fingerprint density at radius 2 is 2.06 bits per heavy atom. The van der Waals surface area contributed by atoms with Crippen LogP contribution in [0, 0.1) is 3.57 Å². The maximum atomic E-state index is 11.9. The number of rotatable bonds is 6. The van der Waals surface area contributed by atoms with E-state index < -0.39 is 9.84 Å². The molecule has 0 aromatic heterocycles. The Morgan fingerprint density at radius 1 is 1.39 bits per heavy atom. The second kappa shape index (κ2) is 6.86. The van der Waals surface area contributed by atoms with Crippen LogP contribution >= 0.6 is 34.2 Å². The first-order valence-corrected chi connectivity index (χ1v) is 8.82. The van der Waals surface area contributed by atoms with E-state index in [9.17, 15) is 13.2 Å². The second-order valence-electron chi connectivity index (χ2n) is 3.89. The Bertz CT molecular complexity index is 540. The molecule has 0 aliphatic heterocycles. The van der Waals surface area contributed by atoms with Crippen molar-refractivity contribution in [2.24, 2.45) is 0 Å². The predicted octanol–water partition coefficient (Wildman–Crippen LogP) is 3.34. The average molecular weight is 401 g/mol. The van der Waals surface area contributed by atoms with Gasteiger partial charge in [-0.3, -0.25) is 4.79 Å². The van der Waals surface area contributed by atoms with Gasteiger partial charge in [0, 0.05) is 26.3 Å². The molecule has 100 valence electrons. The summed E-state index contributed by atoms with van der Waals surface area (Å²) < 4.78 is 23.4. The van der Waals surface area contributed by atoms with Gasteiger partial charge in [0.1, 0.15) is 9.84 Å². The fraction of sp³-hybridized carbons (Fsp3) is 0.417. The first kappa shape index (κ1) is 15.9. The number of Topliss-reactive ketones (excluding diaryl/α,β-unsaturated/α-hetero) is 1. The number of ketones is 1. The van der Waals surface area contributed by atoms with Crippen LogP contribution in [0.2, 0.25) is 5.02 Å². The van der Waals surface area contributed by atoms with Gasteiger partial charge in [0.25, 0.3) is 0 Å². The zero-order valence-corrected chi connectivity index (χ0v) is 13.7. The minimum Gasteiger partial charge on any atom is -0.294 e. The van der Waals surface area contributed by atoms with Gasteiger partial charge in [-0.2, -0.15) is 0 Å². The number of carbonyl (C=O) groups is 1. The van der Waals surface area contributed by atoms with E-state index >= 15 is 0 Å². The third kappa shape index (κ3) is 4.85. The van der Waals surface area contributed by atoms with Gasteiger partial charge in [0.15, 0.2) is 5.78 Å². The van der Waals surface area contributed by atoms with Gasteiger partial charge in [-0.05, 0) is 47.2 Å². The lowest BCUT2D eigenvalue weighted by molar-refractivity contribution is 0.0981. The summed E-state index contributed by atoms with van der Waals surface area (Å²) in [4.78, 5) is 11.9. The highest BCUT2D eigenvalue weighted by atomic mass is 127. The molecule has 1 aromatic carbocycles. The largest absolute Gasteiger partial charge is 0.294 e. The molecule has 0 radical (unpaired) electrons. The fourth-order valence-corrected chi connectivity index (χ4v) is 3.12. The molecule has 1 rings (SSSR count). The highest BCUT2D eigenvalue weighted by Crippen LogP contribution is 2.20. The van der Waals surface area contributed by atoms with Crippen molar-refractivity contribution in [1.29, 1.82) is 0 Å². The van der Waals surface area contributed by atoms with E-state index in [2.05, 4.69) is 22.6 Å². The average Bonchev–Trinajstić information content (AvgIpc) is 2.32. The number of hydrogen-bond donors (Lipinski definition) is 0. The van der Waals surface area contributed by atoms with Crippen LogP contribution in [0.4, 0.5) is 0 Å². The molecule has 0 aliphatic rings. The summed E-state index contributed by atoms with van der Waals surface area (Å²) in [7, 11) is -3.00. The van der Waals surface area contributed by atoms with Gasteiger partial charge in [0.05, 0.1) is 5.75 Å². The Hall–Kier alpha value is -0.140. The molecule has 0 atom stereocenters. The van der Waals surface area contributed by atoms with Crippen molar-refractivity contribution in [2.75, 3.05) is 11.5 Å². The van der Waals surface area contributed by atoms with E-state index in [1.54, 1.807) is 25.1 Å². The van der Waals surface area contributed by atoms with Crippen LogP contribution in [0.5, 0.6) is 0 Å². The maximum Gasteiger partial charge on any atom is 0.164 e. The number of benzene rings is 1. The van der Waals surface area contributed by atoms with Crippen LogP contribution < -0.4 is 0 Å². The molecule has 1 aromatic rings. The maximum absolute atomic E-state index is 11.9.